The lowest BCUT2D eigenvalue weighted by Crippen LogP contribution is -2.35. The van der Waals surface area contributed by atoms with E-state index in [2.05, 4.69) is 4.74 Å². The molecule has 0 saturated heterocycles. The Bertz CT molecular complexity index is 723. The first-order valence-corrected chi connectivity index (χ1v) is 8.58. The summed E-state index contributed by atoms with van der Waals surface area (Å²) >= 11 is 0. The number of methoxy groups -OCH3 is 2. The van der Waals surface area contributed by atoms with Gasteiger partial charge in [-0.05, 0) is 37.0 Å². The molecule has 1 aromatic rings. The van der Waals surface area contributed by atoms with E-state index in [9.17, 15) is 19.2 Å². The topological polar surface area (TPSA) is 96.0 Å². The van der Waals surface area contributed by atoms with E-state index in [0.29, 0.717) is 18.4 Å². The number of allylic oxidation sites excluding steroid dienone is 1. The molecule has 0 aromatic heterocycles. The second-order valence-electron chi connectivity index (χ2n) is 6.16. The van der Waals surface area contributed by atoms with Crippen LogP contribution in [0.25, 0.3) is 0 Å². The quantitative estimate of drug-likeness (QED) is 0.312. The standard InChI is InChI=1S/C20H22O7/c1-25-17(22)12-16(21)18(20(24)26-2)13-8-10-15(11-9-13)27-19(23)14-6-4-3-5-7-14/h3-8,10,13,15,18H,9,11-12H2,1-2H3/t13-,15+,18?/m1/s1. The van der Waals surface area contributed by atoms with Crippen molar-refractivity contribution in [1.29, 1.82) is 0 Å². The molecule has 7 nitrogen and oxygen atoms in total. The van der Waals surface area contributed by atoms with Crippen LogP contribution in [0.3, 0.4) is 0 Å². The van der Waals surface area contributed by atoms with E-state index >= 15 is 0 Å². The van der Waals surface area contributed by atoms with E-state index in [4.69, 9.17) is 9.47 Å². The number of ketones is 1. The van der Waals surface area contributed by atoms with Gasteiger partial charge in [-0.15, -0.1) is 0 Å². The van der Waals surface area contributed by atoms with Gasteiger partial charge in [-0.25, -0.2) is 4.79 Å². The van der Waals surface area contributed by atoms with E-state index in [1.54, 1.807) is 42.5 Å². The smallest absolute Gasteiger partial charge is 0.338 e. The molecule has 2 rings (SSSR count). The number of hydrogen-bond donors (Lipinski definition) is 0. The number of carbonyl (C=O) groups is 4. The molecule has 1 aliphatic rings. The first-order chi connectivity index (χ1) is 13.0. The third-order valence-electron chi connectivity index (χ3n) is 4.40. The predicted octanol–water partition coefficient (Wildman–Crippen LogP) is 2.10. The fourth-order valence-electron chi connectivity index (χ4n) is 2.97. The van der Waals surface area contributed by atoms with E-state index in [0.717, 1.165) is 0 Å². The molecule has 0 amide bonds. The van der Waals surface area contributed by atoms with E-state index < -0.39 is 48.1 Å². The molecular formula is C20H22O7. The third-order valence-corrected chi connectivity index (χ3v) is 4.40. The van der Waals surface area contributed by atoms with Gasteiger partial charge in [0.25, 0.3) is 0 Å². The molecule has 0 spiro atoms. The van der Waals surface area contributed by atoms with Gasteiger partial charge in [-0.1, -0.05) is 24.3 Å². The van der Waals surface area contributed by atoms with E-state index in [-0.39, 0.29) is 0 Å². The molecule has 144 valence electrons. The van der Waals surface area contributed by atoms with Crippen LogP contribution in [0.5, 0.6) is 0 Å². The maximum Gasteiger partial charge on any atom is 0.338 e. The van der Waals surface area contributed by atoms with Crippen molar-refractivity contribution in [2.24, 2.45) is 11.8 Å². The Kier molecular flexibility index (Phi) is 7.28. The van der Waals surface area contributed by atoms with Crippen molar-refractivity contribution in [2.75, 3.05) is 14.2 Å². The summed E-state index contributed by atoms with van der Waals surface area (Å²) in [5.74, 6) is -3.91. The lowest BCUT2D eigenvalue weighted by atomic mass is 9.80. The van der Waals surface area contributed by atoms with Gasteiger partial charge in [0.1, 0.15) is 18.4 Å². The van der Waals surface area contributed by atoms with E-state index in [1.165, 1.54) is 14.2 Å². The van der Waals surface area contributed by atoms with Crippen LogP contribution in [0.1, 0.15) is 29.6 Å². The number of Topliss-reactive ketones (excluding diaryl/α,β-unsaturated/α-hetero) is 1. The molecule has 0 heterocycles. The van der Waals surface area contributed by atoms with Crippen LogP contribution in [0.2, 0.25) is 0 Å². The molecular weight excluding hydrogens is 352 g/mol. The molecule has 0 aliphatic heterocycles. The molecule has 1 unspecified atom stereocenters. The van der Waals surface area contributed by atoms with Crippen molar-refractivity contribution < 1.29 is 33.4 Å². The Balaban J connectivity index is 2.03. The Hall–Kier alpha value is -2.96. The minimum absolute atomic E-state index is 0.429. The van der Waals surface area contributed by atoms with Crippen LogP contribution in [-0.4, -0.2) is 44.0 Å². The molecule has 1 aliphatic carbocycles. The van der Waals surface area contributed by atoms with Crippen LogP contribution in [0, 0.1) is 11.8 Å². The maximum atomic E-state index is 12.3. The fourth-order valence-corrected chi connectivity index (χ4v) is 2.97. The summed E-state index contributed by atoms with van der Waals surface area (Å²) in [4.78, 5) is 47.9. The van der Waals surface area contributed by atoms with Gasteiger partial charge in [0.15, 0.2) is 5.78 Å². The van der Waals surface area contributed by atoms with E-state index in [1.807, 2.05) is 0 Å². The average Bonchev–Trinajstić information content (AvgIpc) is 2.69. The van der Waals surface area contributed by atoms with Crippen molar-refractivity contribution >= 4 is 23.7 Å². The second-order valence-corrected chi connectivity index (χ2v) is 6.16. The van der Waals surface area contributed by atoms with Crippen LogP contribution in [-0.2, 0) is 28.6 Å². The predicted molar refractivity (Wildman–Crippen MR) is 94.7 cm³/mol. The zero-order chi connectivity index (χ0) is 19.8. The normalized spacial score (nSPS) is 19.6. The Labute approximate surface area is 157 Å². The van der Waals surface area contributed by atoms with Crippen LogP contribution >= 0.6 is 0 Å². The Morgan fingerprint density at radius 2 is 1.70 bits per heavy atom. The first kappa shape index (κ1) is 20.4. The van der Waals surface area contributed by atoms with Gasteiger partial charge < -0.3 is 14.2 Å². The highest BCUT2D eigenvalue weighted by Crippen LogP contribution is 2.29. The molecule has 3 atom stereocenters. The van der Waals surface area contributed by atoms with Crippen molar-refractivity contribution in [3.05, 3.63) is 48.0 Å². The Morgan fingerprint density at radius 3 is 2.26 bits per heavy atom. The number of esters is 3. The number of ether oxygens (including phenoxy) is 3. The van der Waals surface area contributed by atoms with Crippen LogP contribution < -0.4 is 0 Å². The number of carbonyl (C=O) groups excluding carboxylic acids is 4. The summed E-state index contributed by atoms with van der Waals surface area (Å²) in [5, 5.41) is 0. The fraction of sp³-hybridized carbons (Fsp3) is 0.400. The summed E-state index contributed by atoms with van der Waals surface area (Å²) in [6.45, 7) is 0. The Morgan fingerprint density at radius 1 is 1.00 bits per heavy atom. The minimum Gasteiger partial charge on any atom is -0.469 e. The number of rotatable bonds is 7. The number of benzene rings is 1. The first-order valence-electron chi connectivity index (χ1n) is 8.58. The summed E-state index contributed by atoms with van der Waals surface area (Å²) in [5.41, 5.74) is 0.453. The van der Waals surface area contributed by atoms with Gasteiger partial charge in [-0.2, -0.15) is 0 Å². The molecule has 0 saturated carbocycles. The lowest BCUT2D eigenvalue weighted by Gasteiger charge is -2.27. The zero-order valence-electron chi connectivity index (χ0n) is 15.3. The molecule has 27 heavy (non-hydrogen) atoms. The average molecular weight is 374 g/mol. The molecule has 1 aromatic carbocycles. The molecule has 7 heteroatoms. The van der Waals surface area contributed by atoms with Gasteiger partial charge in [0.2, 0.25) is 0 Å². The van der Waals surface area contributed by atoms with Crippen molar-refractivity contribution in [3.8, 4) is 0 Å². The molecule has 0 fully saturated rings. The maximum absolute atomic E-state index is 12.3. The number of hydrogen-bond acceptors (Lipinski definition) is 7. The van der Waals surface area contributed by atoms with Crippen molar-refractivity contribution in [2.45, 2.75) is 25.4 Å². The van der Waals surface area contributed by atoms with Gasteiger partial charge in [0, 0.05) is 0 Å². The molecule has 0 N–H and O–H groups in total. The summed E-state index contributed by atoms with van der Waals surface area (Å²) in [6.07, 6.45) is 3.30. The van der Waals surface area contributed by atoms with Crippen LogP contribution in [0.4, 0.5) is 0 Å². The highest BCUT2D eigenvalue weighted by atomic mass is 16.5. The molecule has 0 radical (unpaired) electrons. The van der Waals surface area contributed by atoms with Crippen molar-refractivity contribution in [3.63, 3.8) is 0 Å². The monoisotopic (exact) mass is 374 g/mol. The zero-order valence-corrected chi connectivity index (χ0v) is 15.3. The second kappa shape index (κ2) is 9.66. The van der Waals surface area contributed by atoms with Crippen molar-refractivity contribution in [1.82, 2.24) is 0 Å². The summed E-state index contributed by atoms with van der Waals surface area (Å²) in [7, 11) is 2.37. The van der Waals surface area contributed by atoms with Gasteiger partial charge >= 0.3 is 17.9 Å². The largest absolute Gasteiger partial charge is 0.469 e. The summed E-state index contributed by atoms with van der Waals surface area (Å²) < 4.78 is 14.6. The van der Waals surface area contributed by atoms with Crippen LogP contribution in [0.15, 0.2) is 42.5 Å². The lowest BCUT2D eigenvalue weighted by molar-refractivity contribution is -0.153. The van der Waals surface area contributed by atoms with Gasteiger partial charge in [-0.3, -0.25) is 14.4 Å². The highest BCUT2D eigenvalue weighted by Gasteiger charge is 2.37. The minimum atomic E-state index is -1.09. The highest BCUT2D eigenvalue weighted by molar-refractivity contribution is 6.06. The molecule has 0 bridgehead atoms. The third kappa shape index (κ3) is 5.51. The van der Waals surface area contributed by atoms with Gasteiger partial charge in [0.05, 0.1) is 19.8 Å². The SMILES string of the molecule is COC(=O)CC(=O)C(C(=O)OC)[C@@H]1C=C[C@H](OC(=O)c2ccccc2)CC1. The summed E-state index contributed by atoms with van der Waals surface area (Å²) in [6, 6.07) is 8.63.